The van der Waals surface area contributed by atoms with Gasteiger partial charge in [-0.25, -0.2) is 0 Å². The molecule has 2 N–H and O–H groups in total. The fraction of sp³-hybridized carbons (Fsp3) is 0.500. The highest BCUT2D eigenvalue weighted by atomic mass is 19.3. The van der Waals surface area contributed by atoms with E-state index in [1.807, 2.05) is 0 Å². The minimum atomic E-state index is -2.94. The molecule has 21 heavy (non-hydrogen) atoms. The van der Waals surface area contributed by atoms with E-state index >= 15 is 0 Å². The lowest BCUT2D eigenvalue weighted by molar-refractivity contribution is -0.140. The van der Waals surface area contributed by atoms with Gasteiger partial charge in [-0.3, -0.25) is 4.79 Å². The second-order valence-electron chi connectivity index (χ2n) is 4.90. The van der Waals surface area contributed by atoms with Crippen molar-refractivity contribution in [3.05, 3.63) is 23.8 Å². The van der Waals surface area contributed by atoms with E-state index < -0.39 is 18.6 Å². The molecule has 0 radical (unpaired) electrons. The summed E-state index contributed by atoms with van der Waals surface area (Å²) in [6, 6.07) is 4.01. The van der Waals surface area contributed by atoms with Gasteiger partial charge in [0.1, 0.15) is 6.04 Å². The number of hydrogen-bond acceptors (Lipinski definition) is 4. The Bertz CT molecular complexity index is 506. The Hall–Kier alpha value is -1.89. The van der Waals surface area contributed by atoms with Crippen molar-refractivity contribution in [2.75, 3.05) is 7.11 Å². The summed E-state index contributed by atoms with van der Waals surface area (Å²) in [5.41, 5.74) is 0.651. The summed E-state index contributed by atoms with van der Waals surface area (Å²) in [5.74, 6) is -0.603. The Balaban J connectivity index is 2.03. The third kappa shape index (κ3) is 4.29. The van der Waals surface area contributed by atoms with E-state index in [0.717, 1.165) is 12.8 Å². The van der Waals surface area contributed by atoms with Gasteiger partial charge in [0.15, 0.2) is 11.5 Å². The van der Waals surface area contributed by atoms with Gasteiger partial charge in [-0.2, -0.15) is 8.78 Å². The van der Waals surface area contributed by atoms with E-state index in [4.69, 9.17) is 9.84 Å². The second-order valence-corrected chi connectivity index (χ2v) is 4.90. The van der Waals surface area contributed by atoms with Crippen molar-refractivity contribution in [1.29, 1.82) is 0 Å². The molecule has 2 rings (SSSR count). The van der Waals surface area contributed by atoms with Gasteiger partial charge in [-0.15, -0.1) is 0 Å². The number of carbonyl (C=O) groups is 1. The lowest BCUT2D eigenvalue weighted by atomic mass is 10.1. The van der Waals surface area contributed by atoms with Crippen LogP contribution >= 0.6 is 0 Å². The maximum Gasteiger partial charge on any atom is 0.387 e. The molecule has 0 bridgehead atoms. The zero-order valence-electron chi connectivity index (χ0n) is 11.5. The van der Waals surface area contributed by atoms with Gasteiger partial charge in [0.05, 0.1) is 7.11 Å². The van der Waals surface area contributed by atoms with Crippen molar-refractivity contribution in [2.24, 2.45) is 5.92 Å². The van der Waals surface area contributed by atoms with Crippen molar-refractivity contribution in [1.82, 2.24) is 5.32 Å². The van der Waals surface area contributed by atoms with Crippen LogP contribution in [0.4, 0.5) is 8.78 Å². The number of hydrogen-bond donors (Lipinski definition) is 2. The topological polar surface area (TPSA) is 67.8 Å². The Morgan fingerprint density at radius 1 is 1.43 bits per heavy atom. The molecule has 7 heteroatoms. The highest BCUT2D eigenvalue weighted by Gasteiger charge is 2.35. The third-order valence-electron chi connectivity index (χ3n) is 3.33. The number of ether oxygens (including phenoxy) is 2. The minimum Gasteiger partial charge on any atom is -0.493 e. The van der Waals surface area contributed by atoms with E-state index in [1.54, 1.807) is 6.07 Å². The number of alkyl halides is 2. The molecule has 1 aromatic carbocycles. The normalized spacial score (nSPS) is 15.8. The van der Waals surface area contributed by atoms with E-state index in [9.17, 15) is 13.6 Å². The van der Waals surface area contributed by atoms with Crippen LogP contribution in [0.15, 0.2) is 18.2 Å². The van der Waals surface area contributed by atoms with Crippen LogP contribution in [0.5, 0.6) is 11.5 Å². The van der Waals surface area contributed by atoms with E-state index in [-0.39, 0.29) is 24.0 Å². The quantitative estimate of drug-likeness (QED) is 0.771. The molecule has 1 saturated carbocycles. The molecule has 1 unspecified atom stereocenters. The SMILES string of the molecule is COc1ccc(CNC(C(=O)O)C2CC2)cc1OC(F)F. The lowest BCUT2D eigenvalue weighted by Gasteiger charge is -2.15. The van der Waals surface area contributed by atoms with Gasteiger partial charge in [0.25, 0.3) is 0 Å². The van der Waals surface area contributed by atoms with Gasteiger partial charge in [0, 0.05) is 6.54 Å². The Kier molecular flexibility index (Phi) is 4.95. The molecule has 116 valence electrons. The van der Waals surface area contributed by atoms with Crippen molar-refractivity contribution < 1.29 is 28.2 Å². The average molecular weight is 301 g/mol. The fourth-order valence-corrected chi connectivity index (χ4v) is 2.13. The van der Waals surface area contributed by atoms with E-state index in [0.29, 0.717) is 5.56 Å². The molecule has 0 spiro atoms. The number of halogens is 2. The Morgan fingerprint density at radius 3 is 2.67 bits per heavy atom. The summed E-state index contributed by atoms with van der Waals surface area (Å²) >= 11 is 0. The summed E-state index contributed by atoms with van der Waals surface area (Å²) in [6.45, 7) is -2.68. The number of aliphatic carboxylic acids is 1. The zero-order valence-corrected chi connectivity index (χ0v) is 11.5. The van der Waals surface area contributed by atoms with Gasteiger partial charge in [0.2, 0.25) is 0 Å². The first-order chi connectivity index (χ1) is 10.0. The number of nitrogens with one attached hydrogen (secondary N) is 1. The highest BCUT2D eigenvalue weighted by molar-refractivity contribution is 5.74. The van der Waals surface area contributed by atoms with Crippen LogP contribution in [0.1, 0.15) is 18.4 Å². The number of carboxylic acid groups (broad SMARTS) is 1. The number of methoxy groups -OCH3 is 1. The second kappa shape index (κ2) is 6.71. The monoisotopic (exact) mass is 301 g/mol. The van der Waals surface area contributed by atoms with Crippen molar-refractivity contribution >= 4 is 5.97 Å². The van der Waals surface area contributed by atoms with E-state index in [1.165, 1.54) is 19.2 Å². The summed E-state index contributed by atoms with van der Waals surface area (Å²) in [7, 11) is 1.36. The van der Waals surface area contributed by atoms with E-state index in [2.05, 4.69) is 10.1 Å². The molecule has 1 aliphatic rings. The lowest BCUT2D eigenvalue weighted by Crippen LogP contribution is -2.38. The average Bonchev–Trinajstić information content (AvgIpc) is 3.23. The first-order valence-corrected chi connectivity index (χ1v) is 6.59. The van der Waals surface area contributed by atoms with Gasteiger partial charge in [-0.1, -0.05) is 6.07 Å². The number of benzene rings is 1. The standard InChI is InChI=1S/C14H17F2NO4/c1-20-10-5-2-8(6-11(10)21-14(15)16)7-17-12(13(18)19)9-3-4-9/h2,5-6,9,12,14,17H,3-4,7H2,1H3,(H,18,19). The van der Waals surface area contributed by atoms with Gasteiger partial charge in [-0.05, 0) is 36.5 Å². The molecule has 1 atom stereocenters. The molecule has 0 amide bonds. The molecule has 1 fully saturated rings. The molecule has 1 aromatic rings. The van der Waals surface area contributed by atoms with Crippen LogP contribution in [0, 0.1) is 5.92 Å². The third-order valence-corrected chi connectivity index (χ3v) is 3.33. The van der Waals surface area contributed by atoms with Crippen molar-refractivity contribution in [2.45, 2.75) is 32.0 Å². The first-order valence-electron chi connectivity index (χ1n) is 6.59. The molecule has 0 heterocycles. The largest absolute Gasteiger partial charge is 0.493 e. The number of carboxylic acids is 1. The van der Waals surface area contributed by atoms with Crippen LogP contribution in [0.2, 0.25) is 0 Å². The first kappa shape index (κ1) is 15.5. The molecule has 0 aromatic heterocycles. The summed E-state index contributed by atoms with van der Waals surface area (Å²) in [6.07, 6.45) is 1.79. The Morgan fingerprint density at radius 2 is 2.14 bits per heavy atom. The fourth-order valence-electron chi connectivity index (χ4n) is 2.13. The number of rotatable bonds is 8. The van der Waals surface area contributed by atoms with Crippen LogP contribution in [-0.4, -0.2) is 30.8 Å². The van der Waals surface area contributed by atoms with Crippen LogP contribution in [0.3, 0.4) is 0 Å². The van der Waals surface area contributed by atoms with Crippen LogP contribution in [-0.2, 0) is 11.3 Å². The highest BCUT2D eigenvalue weighted by Crippen LogP contribution is 2.33. The molecule has 5 nitrogen and oxygen atoms in total. The van der Waals surface area contributed by atoms with Gasteiger partial charge < -0.3 is 19.9 Å². The van der Waals surface area contributed by atoms with Crippen molar-refractivity contribution in [3.8, 4) is 11.5 Å². The predicted octanol–water partition coefficient (Wildman–Crippen LogP) is 2.25. The molecular formula is C14H17F2NO4. The summed E-state index contributed by atoms with van der Waals surface area (Å²) in [4.78, 5) is 11.1. The molecule has 0 aliphatic heterocycles. The van der Waals surface area contributed by atoms with Crippen molar-refractivity contribution in [3.63, 3.8) is 0 Å². The summed E-state index contributed by atoms with van der Waals surface area (Å²) in [5, 5.41) is 12.0. The molecular weight excluding hydrogens is 284 g/mol. The van der Waals surface area contributed by atoms with Crippen LogP contribution in [0.25, 0.3) is 0 Å². The van der Waals surface area contributed by atoms with Crippen LogP contribution < -0.4 is 14.8 Å². The van der Waals surface area contributed by atoms with Gasteiger partial charge >= 0.3 is 12.6 Å². The minimum absolute atomic E-state index is 0.0647. The molecule has 1 aliphatic carbocycles. The predicted molar refractivity (Wildman–Crippen MR) is 70.6 cm³/mol. The smallest absolute Gasteiger partial charge is 0.387 e. The summed E-state index contributed by atoms with van der Waals surface area (Å²) < 4.78 is 34.0. The molecule has 0 saturated heterocycles. The Labute approximate surface area is 120 Å². The zero-order chi connectivity index (χ0) is 15.4. The maximum absolute atomic E-state index is 12.3. The maximum atomic E-state index is 12.3.